The normalized spacial score (nSPS) is 24.6. The number of hydrogen-bond acceptors (Lipinski definition) is 5. The summed E-state index contributed by atoms with van der Waals surface area (Å²) < 4.78 is 0. The number of hydrogen-bond donors (Lipinski definition) is 0. The molecule has 0 N–H and O–H groups in total. The topological polar surface area (TPSA) is 75.8 Å². The standard InChI is InChI=1S/C22H27N3O3S/c26-21-20(15-16-9-7-8-14-19(16)25(27)28)29-22(23-17-10-3-1-4-11-17)24(21)18-12-5-2-6-13-18/h7-9,14-15,17-18H,1-6,10-13H2. The summed E-state index contributed by atoms with van der Waals surface area (Å²) in [6.07, 6.45) is 13.0. The molecule has 29 heavy (non-hydrogen) atoms. The van der Waals surface area contributed by atoms with Crippen LogP contribution in [0, 0.1) is 10.1 Å². The van der Waals surface area contributed by atoms with Crippen LogP contribution in [0.25, 0.3) is 6.08 Å². The van der Waals surface area contributed by atoms with Crippen molar-refractivity contribution in [2.24, 2.45) is 4.99 Å². The molecule has 1 aromatic rings. The van der Waals surface area contributed by atoms with Gasteiger partial charge in [0.1, 0.15) is 0 Å². The number of carbonyl (C=O) groups is 1. The van der Waals surface area contributed by atoms with Crippen molar-refractivity contribution >= 4 is 34.6 Å². The molecule has 0 aromatic heterocycles. The maximum absolute atomic E-state index is 13.3. The molecule has 1 saturated heterocycles. The zero-order valence-electron chi connectivity index (χ0n) is 16.6. The van der Waals surface area contributed by atoms with Gasteiger partial charge in [-0.05, 0) is 49.6 Å². The number of para-hydroxylation sites is 1. The first-order valence-corrected chi connectivity index (χ1v) is 11.5. The number of thioether (sulfide) groups is 1. The molecule has 1 amide bonds. The second-order valence-electron chi connectivity index (χ2n) is 8.10. The summed E-state index contributed by atoms with van der Waals surface area (Å²) in [7, 11) is 0. The van der Waals surface area contributed by atoms with Crippen LogP contribution < -0.4 is 0 Å². The molecule has 0 radical (unpaired) electrons. The van der Waals surface area contributed by atoms with Crippen molar-refractivity contribution < 1.29 is 9.72 Å². The van der Waals surface area contributed by atoms with E-state index in [1.807, 2.05) is 4.90 Å². The number of carbonyl (C=O) groups excluding carboxylic acids is 1. The molecule has 1 aromatic carbocycles. The second kappa shape index (κ2) is 9.11. The van der Waals surface area contributed by atoms with Crippen LogP contribution in [0.15, 0.2) is 34.2 Å². The molecular formula is C22H27N3O3S. The van der Waals surface area contributed by atoms with E-state index in [0.717, 1.165) is 43.7 Å². The molecule has 2 saturated carbocycles. The highest BCUT2D eigenvalue weighted by atomic mass is 32.2. The zero-order chi connectivity index (χ0) is 20.2. The van der Waals surface area contributed by atoms with E-state index in [2.05, 4.69) is 0 Å². The van der Waals surface area contributed by atoms with Crippen LogP contribution in [0.5, 0.6) is 0 Å². The van der Waals surface area contributed by atoms with E-state index < -0.39 is 4.92 Å². The third-order valence-corrected chi connectivity index (χ3v) is 7.06. The molecule has 1 aliphatic heterocycles. The Morgan fingerprint density at radius 3 is 2.38 bits per heavy atom. The Labute approximate surface area is 175 Å². The maximum atomic E-state index is 13.3. The summed E-state index contributed by atoms with van der Waals surface area (Å²) in [5.41, 5.74) is 0.492. The van der Waals surface area contributed by atoms with Crippen LogP contribution in [0.1, 0.15) is 69.8 Å². The number of rotatable bonds is 4. The SMILES string of the molecule is O=C1C(=Cc2ccccc2[N+](=O)[O-])SC(=NC2CCCCC2)N1C1CCCCC1. The van der Waals surface area contributed by atoms with Crippen LogP contribution in [0.4, 0.5) is 5.69 Å². The van der Waals surface area contributed by atoms with Crippen molar-refractivity contribution in [3.8, 4) is 0 Å². The molecule has 7 heteroatoms. The summed E-state index contributed by atoms with van der Waals surface area (Å²) in [5.74, 6) is -0.0467. The summed E-state index contributed by atoms with van der Waals surface area (Å²) in [5, 5.41) is 12.2. The van der Waals surface area contributed by atoms with Gasteiger partial charge in [0.05, 0.1) is 21.4 Å². The Morgan fingerprint density at radius 1 is 1.03 bits per heavy atom. The minimum Gasteiger partial charge on any atom is -0.284 e. The van der Waals surface area contributed by atoms with Gasteiger partial charge in [-0.15, -0.1) is 0 Å². The predicted octanol–water partition coefficient (Wildman–Crippen LogP) is 5.53. The average Bonchev–Trinajstić information content (AvgIpc) is 3.04. The lowest BCUT2D eigenvalue weighted by atomic mass is 9.94. The quantitative estimate of drug-likeness (QED) is 0.369. The molecule has 0 bridgehead atoms. The van der Waals surface area contributed by atoms with Gasteiger partial charge in [-0.2, -0.15) is 0 Å². The lowest BCUT2D eigenvalue weighted by Crippen LogP contribution is -2.41. The van der Waals surface area contributed by atoms with E-state index in [0.29, 0.717) is 10.5 Å². The fourth-order valence-electron chi connectivity index (χ4n) is 4.52. The van der Waals surface area contributed by atoms with Crippen LogP contribution in [-0.4, -0.2) is 33.0 Å². The number of amidine groups is 1. The number of amides is 1. The van der Waals surface area contributed by atoms with Crippen LogP contribution in [0.2, 0.25) is 0 Å². The third kappa shape index (κ3) is 4.55. The first kappa shape index (κ1) is 20.1. The van der Waals surface area contributed by atoms with Crippen LogP contribution in [-0.2, 0) is 4.79 Å². The van der Waals surface area contributed by atoms with Gasteiger partial charge in [0.2, 0.25) is 0 Å². The molecule has 2 aliphatic carbocycles. The average molecular weight is 414 g/mol. The Kier molecular flexibility index (Phi) is 6.33. The third-order valence-electron chi connectivity index (χ3n) is 6.06. The lowest BCUT2D eigenvalue weighted by Gasteiger charge is -2.31. The number of benzene rings is 1. The van der Waals surface area contributed by atoms with Gasteiger partial charge >= 0.3 is 0 Å². The van der Waals surface area contributed by atoms with E-state index in [1.165, 1.54) is 43.5 Å². The Hall–Kier alpha value is -2.15. The lowest BCUT2D eigenvalue weighted by molar-refractivity contribution is -0.385. The smallest absolute Gasteiger partial charge is 0.276 e. The molecule has 4 rings (SSSR count). The molecule has 154 valence electrons. The van der Waals surface area contributed by atoms with Crippen molar-refractivity contribution in [1.82, 2.24) is 4.90 Å². The van der Waals surface area contributed by atoms with Crippen molar-refractivity contribution in [3.63, 3.8) is 0 Å². The van der Waals surface area contributed by atoms with Gasteiger partial charge in [-0.25, -0.2) is 0 Å². The van der Waals surface area contributed by atoms with E-state index in [-0.39, 0.29) is 23.7 Å². The van der Waals surface area contributed by atoms with Crippen molar-refractivity contribution in [1.29, 1.82) is 0 Å². The fraction of sp³-hybridized carbons (Fsp3) is 0.545. The summed E-state index contributed by atoms with van der Waals surface area (Å²) in [4.78, 5) is 31.7. The van der Waals surface area contributed by atoms with E-state index in [1.54, 1.807) is 24.3 Å². The Morgan fingerprint density at radius 2 is 1.69 bits per heavy atom. The second-order valence-corrected chi connectivity index (χ2v) is 9.11. The largest absolute Gasteiger partial charge is 0.284 e. The molecule has 1 heterocycles. The highest BCUT2D eigenvalue weighted by molar-refractivity contribution is 8.18. The molecule has 3 aliphatic rings. The van der Waals surface area contributed by atoms with Gasteiger partial charge in [-0.3, -0.25) is 24.8 Å². The van der Waals surface area contributed by atoms with E-state index in [4.69, 9.17) is 4.99 Å². The minimum atomic E-state index is -0.396. The molecule has 6 nitrogen and oxygen atoms in total. The van der Waals surface area contributed by atoms with E-state index in [9.17, 15) is 14.9 Å². The molecule has 0 unspecified atom stereocenters. The minimum absolute atomic E-state index is 0.0234. The molecule has 0 spiro atoms. The molecule has 3 fully saturated rings. The number of nitrogens with zero attached hydrogens (tertiary/aromatic N) is 3. The fourth-order valence-corrected chi connectivity index (χ4v) is 5.62. The van der Waals surface area contributed by atoms with Gasteiger partial charge in [0.25, 0.3) is 11.6 Å². The summed E-state index contributed by atoms with van der Waals surface area (Å²) in [6, 6.07) is 7.07. The Balaban J connectivity index is 1.67. The first-order chi connectivity index (χ1) is 14.1. The van der Waals surface area contributed by atoms with Gasteiger partial charge in [0, 0.05) is 12.1 Å². The van der Waals surface area contributed by atoms with Crippen molar-refractivity contribution in [2.75, 3.05) is 0 Å². The van der Waals surface area contributed by atoms with Crippen LogP contribution >= 0.6 is 11.8 Å². The predicted molar refractivity (Wildman–Crippen MR) is 117 cm³/mol. The van der Waals surface area contributed by atoms with Crippen molar-refractivity contribution in [2.45, 2.75) is 76.3 Å². The van der Waals surface area contributed by atoms with E-state index >= 15 is 0 Å². The monoisotopic (exact) mass is 413 g/mol. The number of nitro benzene ring substituents is 1. The summed E-state index contributed by atoms with van der Waals surface area (Å²) in [6.45, 7) is 0. The molecular weight excluding hydrogens is 386 g/mol. The highest BCUT2D eigenvalue weighted by Gasteiger charge is 2.39. The number of aliphatic imine (C=N–C) groups is 1. The van der Waals surface area contributed by atoms with Gasteiger partial charge in [0.15, 0.2) is 5.17 Å². The molecule has 0 atom stereocenters. The van der Waals surface area contributed by atoms with Gasteiger partial charge in [-0.1, -0.05) is 50.7 Å². The Bertz CT molecular complexity index is 839. The first-order valence-electron chi connectivity index (χ1n) is 10.7. The maximum Gasteiger partial charge on any atom is 0.276 e. The number of nitro groups is 1. The summed E-state index contributed by atoms with van der Waals surface area (Å²) >= 11 is 1.39. The van der Waals surface area contributed by atoms with Crippen LogP contribution in [0.3, 0.4) is 0 Å². The van der Waals surface area contributed by atoms with Crippen molar-refractivity contribution in [3.05, 3.63) is 44.8 Å². The zero-order valence-corrected chi connectivity index (χ0v) is 17.4. The highest BCUT2D eigenvalue weighted by Crippen LogP contribution is 2.39. The van der Waals surface area contributed by atoms with Gasteiger partial charge < -0.3 is 0 Å².